The zero-order valence-corrected chi connectivity index (χ0v) is 11.0. The molecule has 1 heterocycles. The zero-order chi connectivity index (χ0) is 13.0. The maximum atomic E-state index is 9.72. The molecule has 1 aromatic carbocycles. The summed E-state index contributed by atoms with van der Waals surface area (Å²) < 4.78 is 10.5. The Hall–Kier alpha value is -1.26. The molecule has 18 heavy (non-hydrogen) atoms. The van der Waals surface area contributed by atoms with Crippen molar-refractivity contribution in [1.82, 2.24) is 5.32 Å². The van der Waals surface area contributed by atoms with E-state index in [0.717, 1.165) is 38.2 Å². The van der Waals surface area contributed by atoms with Crippen LogP contribution < -0.4 is 10.1 Å². The molecule has 1 unspecified atom stereocenters. The van der Waals surface area contributed by atoms with Gasteiger partial charge in [0.25, 0.3) is 0 Å². The fourth-order valence-electron chi connectivity index (χ4n) is 2.23. The first-order valence-corrected chi connectivity index (χ1v) is 6.32. The van der Waals surface area contributed by atoms with E-state index < -0.39 is 0 Å². The molecule has 4 nitrogen and oxygen atoms in total. The van der Waals surface area contributed by atoms with Gasteiger partial charge in [-0.3, -0.25) is 0 Å². The second-order valence-corrected chi connectivity index (χ2v) is 5.08. The van der Waals surface area contributed by atoms with Gasteiger partial charge in [-0.15, -0.1) is 0 Å². The summed E-state index contributed by atoms with van der Waals surface area (Å²) >= 11 is 0. The minimum absolute atomic E-state index is 0.0355. The van der Waals surface area contributed by atoms with E-state index in [2.05, 4.69) is 12.2 Å². The van der Waals surface area contributed by atoms with E-state index in [-0.39, 0.29) is 11.3 Å². The van der Waals surface area contributed by atoms with Crippen molar-refractivity contribution in [3.8, 4) is 11.5 Å². The third-order valence-corrected chi connectivity index (χ3v) is 3.40. The summed E-state index contributed by atoms with van der Waals surface area (Å²) in [6.07, 6.45) is 2.21. The average Bonchev–Trinajstić information content (AvgIpc) is 2.38. The van der Waals surface area contributed by atoms with Crippen LogP contribution in [-0.2, 0) is 11.3 Å². The molecule has 2 N–H and O–H groups in total. The summed E-state index contributed by atoms with van der Waals surface area (Å²) in [5.41, 5.74) is 1.08. The molecule has 1 aliphatic heterocycles. The highest BCUT2D eigenvalue weighted by Gasteiger charge is 2.26. The summed E-state index contributed by atoms with van der Waals surface area (Å²) in [6.45, 7) is 4.50. The van der Waals surface area contributed by atoms with Crippen LogP contribution in [0.25, 0.3) is 0 Å². The van der Waals surface area contributed by atoms with Gasteiger partial charge in [0.2, 0.25) is 0 Å². The number of hydrogen-bond acceptors (Lipinski definition) is 4. The number of hydrogen-bond donors (Lipinski definition) is 2. The normalized spacial score (nSPS) is 23.9. The van der Waals surface area contributed by atoms with Gasteiger partial charge in [0.15, 0.2) is 11.5 Å². The van der Waals surface area contributed by atoms with Gasteiger partial charge >= 0.3 is 0 Å². The van der Waals surface area contributed by atoms with Crippen LogP contribution in [0.2, 0.25) is 0 Å². The number of nitrogens with one attached hydrogen (secondary N) is 1. The van der Waals surface area contributed by atoms with Gasteiger partial charge in [-0.1, -0.05) is 6.07 Å². The minimum Gasteiger partial charge on any atom is -0.504 e. The molecule has 0 amide bonds. The number of phenolic OH excluding ortho intramolecular Hbond substituents is 1. The molecule has 0 aliphatic carbocycles. The SMILES string of the molecule is COc1ccc(CNC2(C)CCCOC2)cc1O. The van der Waals surface area contributed by atoms with Gasteiger partial charge in [0.1, 0.15) is 0 Å². The molecule has 100 valence electrons. The van der Waals surface area contributed by atoms with Gasteiger partial charge in [0.05, 0.1) is 13.7 Å². The summed E-state index contributed by atoms with van der Waals surface area (Å²) in [5, 5.41) is 13.2. The van der Waals surface area contributed by atoms with Crippen molar-refractivity contribution in [3.63, 3.8) is 0 Å². The van der Waals surface area contributed by atoms with Crippen LogP contribution in [0.1, 0.15) is 25.3 Å². The quantitative estimate of drug-likeness (QED) is 0.860. The van der Waals surface area contributed by atoms with E-state index in [1.165, 1.54) is 0 Å². The molecule has 0 saturated carbocycles. The molecule has 1 atom stereocenters. The number of methoxy groups -OCH3 is 1. The largest absolute Gasteiger partial charge is 0.504 e. The van der Waals surface area contributed by atoms with Crippen LogP contribution in [0.5, 0.6) is 11.5 Å². The van der Waals surface area contributed by atoms with Gasteiger partial charge in [-0.05, 0) is 37.5 Å². The molecule has 1 saturated heterocycles. The standard InChI is InChI=1S/C14H21NO3/c1-14(6-3-7-18-10-14)15-9-11-4-5-13(17-2)12(16)8-11/h4-5,8,15-16H,3,6-7,9-10H2,1-2H3. The molecule has 2 rings (SSSR count). The highest BCUT2D eigenvalue weighted by molar-refractivity contribution is 5.41. The van der Waals surface area contributed by atoms with Crippen molar-refractivity contribution in [2.24, 2.45) is 0 Å². The number of aromatic hydroxyl groups is 1. The lowest BCUT2D eigenvalue weighted by Crippen LogP contribution is -2.48. The third-order valence-electron chi connectivity index (χ3n) is 3.40. The lowest BCUT2D eigenvalue weighted by Gasteiger charge is -2.34. The second-order valence-electron chi connectivity index (χ2n) is 5.08. The number of phenols is 1. The Labute approximate surface area is 108 Å². The Morgan fingerprint density at radius 3 is 2.94 bits per heavy atom. The van der Waals surface area contributed by atoms with Crippen molar-refractivity contribution in [1.29, 1.82) is 0 Å². The second kappa shape index (κ2) is 5.59. The van der Waals surface area contributed by atoms with Gasteiger partial charge in [-0.2, -0.15) is 0 Å². The Balaban J connectivity index is 1.95. The summed E-state index contributed by atoms with van der Waals surface area (Å²) in [7, 11) is 1.55. The topological polar surface area (TPSA) is 50.7 Å². The first kappa shape index (κ1) is 13.2. The molecule has 1 fully saturated rings. The predicted molar refractivity (Wildman–Crippen MR) is 70.0 cm³/mol. The van der Waals surface area contributed by atoms with Crippen molar-refractivity contribution < 1.29 is 14.6 Å². The number of benzene rings is 1. The predicted octanol–water partition coefficient (Wildman–Crippen LogP) is 2.06. The minimum atomic E-state index is 0.0355. The highest BCUT2D eigenvalue weighted by atomic mass is 16.5. The summed E-state index contributed by atoms with van der Waals surface area (Å²) in [6, 6.07) is 5.48. The molecular weight excluding hydrogens is 230 g/mol. The Bertz CT molecular complexity index is 400. The van der Waals surface area contributed by atoms with Gasteiger partial charge < -0.3 is 19.9 Å². The molecule has 1 aliphatic rings. The van der Waals surface area contributed by atoms with E-state index in [4.69, 9.17) is 9.47 Å². The number of ether oxygens (including phenoxy) is 2. The molecule has 0 aromatic heterocycles. The molecular formula is C14H21NO3. The molecule has 1 aromatic rings. The lowest BCUT2D eigenvalue weighted by molar-refractivity contribution is 0.0278. The maximum Gasteiger partial charge on any atom is 0.160 e. The molecule has 0 bridgehead atoms. The van der Waals surface area contributed by atoms with Crippen molar-refractivity contribution >= 4 is 0 Å². The lowest BCUT2D eigenvalue weighted by atomic mass is 9.94. The monoisotopic (exact) mass is 251 g/mol. The van der Waals surface area contributed by atoms with Crippen molar-refractivity contribution in [3.05, 3.63) is 23.8 Å². The van der Waals surface area contributed by atoms with Crippen molar-refractivity contribution in [2.75, 3.05) is 20.3 Å². The van der Waals surface area contributed by atoms with Crippen molar-refractivity contribution in [2.45, 2.75) is 31.8 Å². The highest BCUT2D eigenvalue weighted by Crippen LogP contribution is 2.26. The zero-order valence-electron chi connectivity index (χ0n) is 11.0. The Morgan fingerprint density at radius 2 is 2.33 bits per heavy atom. The van der Waals surface area contributed by atoms with Crippen LogP contribution in [0.4, 0.5) is 0 Å². The Kier molecular flexibility index (Phi) is 4.09. The first-order chi connectivity index (χ1) is 8.63. The molecule has 4 heteroatoms. The fourth-order valence-corrected chi connectivity index (χ4v) is 2.23. The van der Waals surface area contributed by atoms with E-state index in [1.807, 2.05) is 6.07 Å². The smallest absolute Gasteiger partial charge is 0.160 e. The maximum absolute atomic E-state index is 9.72. The molecule has 0 radical (unpaired) electrons. The Morgan fingerprint density at radius 1 is 1.50 bits per heavy atom. The van der Waals surface area contributed by atoms with Gasteiger partial charge in [0, 0.05) is 18.7 Å². The molecule has 0 spiro atoms. The fraction of sp³-hybridized carbons (Fsp3) is 0.571. The van der Waals surface area contributed by atoms with E-state index >= 15 is 0 Å². The van der Waals surface area contributed by atoms with Crippen LogP contribution in [0.3, 0.4) is 0 Å². The average molecular weight is 251 g/mol. The van der Waals surface area contributed by atoms with E-state index in [9.17, 15) is 5.11 Å². The number of rotatable bonds is 4. The van der Waals surface area contributed by atoms with Crippen LogP contribution in [-0.4, -0.2) is 31.0 Å². The third kappa shape index (κ3) is 3.15. The van der Waals surface area contributed by atoms with Crippen LogP contribution in [0, 0.1) is 0 Å². The van der Waals surface area contributed by atoms with Crippen LogP contribution in [0.15, 0.2) is 18.2 Å². The van der Waals surface area contributed by atoms with Gasteiger partial charge in [-0.25, -0.2) is 0 Å². The summed E-state index contributed by atoms with van der Waals surface area (Å²) in [5.74, 6) is 0.688. The van der Waals surface area contributed by atoms with Crippen LogP contribution >= 0.6 is 0 Å². The van der Waals surface area contributed by atoms with E-state index in [1.54, 1.807) is 19.2 Å². The van der Waals surface area contributed by atoms with E-state index in [0.29, 0.717) is 5.75 Å². The first-order valence-electron chi connectivity index (χ1n) is 6.32. The summed E-state index contributed by atoms with van der Waals surface area (Å²) in [4.78, 5) is 0.